The van der Waals surface area contributed by atoms with Crippen LogP contribution in [0.5, 0.6) is 0 Å². The summed E-state index contributed by atoms with van der Waals surface area (Å²) in [5.74, 6) is 0.216. The summed E-state index contributed by atoms with van der Waals surface area (Å²) in [7, 11) is 0. The number of carbonyl (C=O) groups is 2. The third kappa shape index (κ3) is 4.50. The highest BCUT2D eigenvalue weighted by Crippen LogP contribution is 2.58. The normalized spacial score (nSPS) is 28.5. The number of carbonyl (C=O) groups excluding carboxylic acids is 2. The molecule has 0 bridgehead atoms. The number of nitrogens with zero attached hydrogens (tertiary/aromatic N) is 3. The van der Waals surface area contributed by atoms with Gasteiger partial charge in [-0.1, -0.05) is 0 Å². The highest BCUT2D eigenvalue weighted by atomic mass is 35.5. The molecule has 2 saturated heterocycles. The van der Waals surface area contributed by atoms with Crippen molar-refractivity contribution in [3.05, 3.63) is 12.4 Å². The molecule has 1 aromatic heterocycles. The van der Waals surface area contributed by atoms with Gasteiger partial charge in [0.1, 0.15) is 6.54 Å². The summed E-state index contributed by atoms with van der Waals surface area (Å²) >= 11 is 0. The van der Waals surface area contributed by atoms with E-state index in [-0.39, 0.29) is 54.3 Å². The Hall–Kier alpha value is -1.64. The number of anilines is 1. The van der Waals surface area contributed by atoms with Crippen LogP contribution in [0.1, 0.15) is 33.1 Å². The van der Waals surface area contributed by atoms with Crippen molar-refractivity contribution < 1.29 is 14.3 Å². The minimum Gasteiger partial charge on any atom is -0.372 e. The van der Waals surface area contributed by atoms with E-state index in [1.165, 1.54) is 0 Å². The van der Waals surface area contributed by atoms with E-state index in [9.17, 15) is 9.59 Å². The summed E-state index contributed by atoms with van der Waals surface area (Å²) in [6.07, 6.45) is 6.59. The molecule has 9 heteroatoms. The fourth-order valence-corrected chi connectivity index (χ4v) is 4.56. The van der Waals surface area contributed by atoms with Crippen molar-refractivity contribution in [3.63, 3.8) is 0 Å². The molecule has 1 aliphatic carbocycles. The first-order valence-electron chi connectivity index (χ1n) is 9.92. The number of hydrogen-bond donors (Lipinski definition) is 2. The summed E-state index contributed by atoms with van der Waals surface area (Å²) in [6, 6.07) is 0. The van der Waals surface area contributed by atoms with Gasteiger partial charge in [0.25, 0.3) is 0 Å². The van der Waals surface area contributed by atoms with Gasteiger partial charge in [0, 0.05) is 25.2 Å². The van der Waals surface area contributed by atoms with E-state index in [1.54, 1.807) is 17.1 Å². The van der Waals surface area contributed by atoms with Crippen LogP contribution in [0.2, 0.25) is 0 Å². The predicted molar refractivity (Wildman–Crippen MR) is 107 cm³/mol. The van der Waals surface area contributed by atoms with E-state index < -0.39 is 0 Å². The number of aromatic nitrogens is 2. The van der Waals surface area contributed by atoms with Crippen LogP contribution in [0.15, 0.2) is 12.4 Å². The zero-order valence-electron chi connectivity index (χ0n) is 16.5. The number of amides is 2. The highest BCUT2D eigenvalue weighted by molar-refractivity contribution is 5.95. The molecule has 3 heterocycles. The van der Waals surface area contributed by atoms with Crippen LogP contribution in [0.25, 0.3) is 0 Å². The second-order valence-electron chi connectivity index (χ2n) is 8.34. The number of nitrogens with one attached hydrogen (secondary N) is 2. The number of halogens is 1. The number of rotatable bonds is 4. The van der Waals surface area contributed by atoms with Crippen molar-refractivity contribution in [2.24, 2.45) is 11.3 Å². The Morgan fingerprint density at radius 1 is 1.29 bits per heavy atom. The van der Waals surface area contributed by atoms with E-state index in [2.05, 4.69) is 15.7 Å². The van der Waals surface area contributed by atoms with Gasteiger partial charge in [-0.3, -0.25) is 14.3 Å². The highest BCUT2D eigenvalue weighted by Gasteiger charge is 2.57. The summed E-state index contributed by atoms with van der Waals surface area (Å²) < 4.78 is 7.27. The molecule has 2 aliphatic heterocycles. The Morgan fingerprint density at radius 3 is 2.64 bits per heavy atom. The van der Waals surface area contributed by atoms with E-state index in [4.69, 9.17) is 4.74 Å². The van der Waals surface area contributed by atoms with Crippen molar-refractivity contribution in [1.82, 2.24) is 20.0 Å². The topological polar surface area (TPSA) is 88.5 Å². The molecule has 2 N–H and O–H groups in total. The summed E-state index contributed by atoms with van der Waals surface area (Å²) in [6.45, 7) is 7.34. The van der Waals surface area contributed by atoms with Crippen molar-refractivity contribution in [2.75, 3.05) is 31.5 Å². The Morgan fingerprint density at radius 2 is 1.96 bits per heavy atom. The maximum atomic E-state index is 12.5. The number of morpholine rings is 1. The van der Waals surface area contributed by atoms with Gasteiger partial charge >= 0.3 is 0 Å². The van der Waals surface area contributed by atoms with Gasteiger partial charge < -0.3 is 20.3 Å². The van der Waals surface area contributed by atoms with Gasteiger partial charge in [0.15, 0.2) is 0 Å². The predicted octanol–water partition coefficient (Wildman–Crippen LogP) is 1.27. The first kappa shape index (κ1) is 21.1. The molecular formula is C19H30ClN5O3. The van der Waals surface area contributed by atoms with Crippen LogP contribution in [-0.4, -0.2) is 64.9 Å². The average Bonchev–Trinajstić information content (AvgIpc) is 3.13. The van der Waals surface area contributed by atoms with Gasteiger partial charge in [-0.2, -0.15) is 5.10 Å². The van der Waals surface area contributed by atoms with E-state index in [1.807, 2.05) is 18.7 Å². The van der Waals surface area contributed by atoms with Crippen LogP contribution in [-0.2, 0) is 20.9 Å². The van der Waals surface area contributed by atoms with E-state index >= 15 is 0 Å². The van der Waals surface area contributed by atoms with Crippen LogP contribution >= 0.6 is 12.4 Å². The molecule has 1 aromatic rings. The summed E-state index contributed by atoms with van der Waals surface area (Å²) in [5, 5.41) is 10.6. The lowest BCUT2D eigenvalue weighted by Crippen LogP contribution is -2.49. The third-order valence-corrected chi connectivity index (χ3v) is 6.08. The molecule has 1 spiro atoms. The third-order valence-electron chi connectivity index (χ3n) is 6.08. The molecule has 2 amide bonds. The Labute approximate surface area is 171 Å². The minimum absolute atomic E-state index is 0. The van der Waals surface area contributed by atoms with Gasteiger partial charge in [0.05, 0.1) is 24.1 Å². The minimum atomic E-state index is 0. The maximum absolute atomic E-state index is 12.5. The first-order chi connectivity index (χ1) is 12.9. The van der Waals surface area contributed by atoms with Crippen LogP contribution in [0.3, 0.4) is 0 Å². The fourth-order valence-electron chi connectivity index (χ4n) is 4.56. The Balaban J connectivity index is 0.00000225. The molecule has 1 saturated carbocycles. The van der Waals surface area contributed by atoms with Crippen molar-refractivity contribution >= 4 is 29.9 Å². The first-order valence-corrected chi connectivity index (χ1v) is 9.92. The average molecular weight is 412 g/mol. The number of piperidine rings is 1. The molecular weight excluding hydrogens is 382 g/mol. The lowest BCUT2D eigenvalue weighted by Gasteiger charge is -2.35. The lowest BCUT2D eigenvalue weighted by atomic mass is 9.92. The summed E-state index contributed by atoms with van der Waals surface area (Å²) in [4.78, 5) is 26.9. The van der Waals surface area contributed by atoms with Crippen LogP contribution < -0.4 is 10.6 Å². The smallest absolute Gasteiger partial charge is 0.244 e. The Kier molecular flexibility index (Phi) is 6.31. The van der Waals surface area contributed by atoms with Gasteiger partial charge in [0.2, 0.25) is 11.8 Å². The molecule has 3 aliphatic rings. The number of hydrogen-bond acceptors (Lipinski definition) is 5. The standard InChI is InChI=1S/C19H29N5O3.ClH/c1-13-9-23(10-14(2)27-13)17(25)12-24-11-15(8-21-24)22-18(26)16-7-19(16)3-5-20-6-4-19;/h8,11,13-14,16,20H,3-7,9-10,12H2,1-2H3,(H,22,26);1H. The quantitative estimate of drug-likeness (QED) is 0.778. The van der Waals surface area contributed by atoms with Crippen LogP contribution in [0.4, 0.5) is 5.69 Å². The fraction of sp³-hybridized carbons (Fsp3) is 0.737. The second kappa shape index (κ2) is 8.39. The van der Waals surface area contributed by atoms with Crippen molar-refractivity contribution in [2.45, 2.75) is 51.9 Å². The van der Waals surface area contributed by atoms with Crippen molar-refractivity contribution in [3.8, 4) is 0 Å². The Bertz CT molecular complexity index is 708. The van der Waals surface area contributed by atoms with E-state index in [0.29, 0.717) is 18.8 Å². The molecule has 3 unspecified atom stereocenters. The van der Waals surface area contributed by atoms with Gasteiger partial charge in [-0.05, 0) is 51.6 Å². The molecule has 8 nitrogen and oxygen atoms in total. The monoisotopic (exact) mass is 411 g/mol. The molecule has 156 valence electrons. The molecule has 3 fully saturated rings. The second-order valence-corrected chi connectivity index (χ2v) is 8.34. The molecule has 0 aromatic carbocycles. The molecule has 3 atom stereocenters. The van der Waals surface area contributed by atoms with E-state index in [0.717, 1.165) is 32.4 Å². The molecule has 0 radical (unpaired) electrons. The largest absolute Gasteiger partial charge is 0.372 e. The molecule has 28 heavy (non-hydrogen) atoms. The maximum Gasteiger partial charge on any atom is 0.244 e. The summed E-state index contributed by atoms with van der Waals surface area (Å²) in [5.41, 5.74) is 0.873. The number of ether oxygens (including phenoxy) is 1. The van der Waals surface area contributed by atoms with Gasteiger partial charge in [-0.15, -0.1) is 12.4 Å². The zero-order chi connectivity index (χ0) is 19.0. The SMILES string of the molecule is CC1CN(C(=O)Cn2cc(NC(=O)C3CC34CCNCC4)cn2)CC(C)O1.Cl. The zero-order valence-corrected chi connectivity index (χ0v) is 17.3. The van der Waals surface area contributed by atoms with Gasteiger partial charge in [-0.25, -0.2) is 0 Å². The van der Waals surface area contributed by atoms with Crippen LogP contribution in [0, 0.1) is 11.3 Å². The molecule has 4 rings (SSSR count). The van der Waals surface area contributed by atoms with Crippen molar-refractivity contribution in [1.29, 1.82) is 0 Å². The lowest BCUT2D eigenvalue weighted by molar-refractivity contribution is -0.144.